The van der Waals surface area contributed by atoms with E-state index in [0.29, 0.717) is 0 Å². The van der Waals surface area contributed by atoms with Crippen molar-refractivity contribution in [2.24, 2.45) is 0 Å². The van der Waals surface area contributed by atoms with Gasteiger partial charge in [0.1, 0.15) is 0 Å². The van der Waals surface area contributed by atoms with Crippen LogP contribution in [0.25, 0.3) is 77.2 Å². The Balaban J connectivity index is 1.42. The lowest BCUT2D eigenvalue weighted by molar-refractivity contribution is 0.568. The number of rotatable bonds is 5. The van der Waals surface area contributed by atoms with Crippen LogP contribution in [-0.2, 0) is 28.1 Å². The Labute approximate surface area is 370 Å². The van der Waals surface area contributed by atoms with Crippen molar-refractivity contribution < 1.29 is 0 Å². The zero-order valence-corrected chi connectivity index (χ0v) is 39.4. The van der Waals surface area contributed by atoms with Gasteiger partial charge in [-0.1, -0.05) is 187 Å². The maximum absolute atomic E-state index is 2.59. The molecule has 0 amide bonds. The first-order chi connectivity index (χ1) is 29.2. The normalized spacial score (nSPS) is 13.0. The fourth-order valence-corrected chi connectivity index (χ4v) is 9.52. The first kappa shape index (κ1) is 41.5. The molecule has 0 aliphatic carbocycles. The Kier molecular flexibility index (Phi) is 9.78. The molecule has 0 radical (unpaired) electrons. The van der Waals surface area contributed by atoms with Crippen molar-refractivity contribution in [3.05, 3.63) is 167 Å². The SMILES string of the molecule is CCc1c(-n2c3ccccc3c3ccccc32)ccc2c3ccccc3n(-c3cc(-c4cc(C(C)(C)C)cc(C(C)(C)C)c4)cc(-c4cc(C(C)(C)C)cc(C(C)(C)C)c4)c3)c12. The van der Waals surface area contributed by atoms with Gasteiger partial charge >= 0.3 is 0 Å². The Hall–Kier alpha value is -5.86. The molecule has 2 nitrogen and oxygen atoms in total. The lowest BCUT2D eigenvalue weighted by Gasteiger charge is -2.27. The molecule has 2 heteroatoms. The second-order valence-electron chi connectivity index (χ2n) is 21.9. The summed E-state index contributed by atoms with van der Waals surface area (Å²) < 4.78 is 5.09. The van der Waals surface area contributed by atoms with Gasteiger partial charge in [-0.05, 0) is 115 Å². The molecule has 0 unspecified atom stereocenters. The van der Waals surface area contributed by atoms with E-state index in [2.05, 4.69) is 239 Å². The molecule has 7 aromatic carbocycles. The summed E-state index contributed by atoms with van der Waals surface area (Å²) in [6.45, 7) is 30.4. The number of hydrogen-bond acceptors (Lipinski definition) is 0. The summed E-state index contributed by atoms with van der Waals surface area (Å²) in [6.07, 6.45) is 0.877. The maximum Gasteiger partial charge on any atom is 0.0593 e. The van der Waals surface area contributed by atoms with Crippen molar-refractivity contribution in [1.82, 2.24) is 9.13 Å². The van der Waals surface area contributed by atoms with E-state index in [0.717, 1.165) is 6.42 Å². The summed E-state index contributed by atoms with van der Waals surface area (Å²) in [5.41, 5.74) is 19.1. The number of nitrogens with zero attached hydrogens (tertiary/aromatic N) is 2. The van der Waals surface area contributed by atoms with E-state index in [1.165, 1.54) is 105 Å². The van der Waals surface area contributed by atoms with Gasteiger partial charge in [-0.15, -0.1) is 0 Å². The van der Waals surface area contributed by atoms with E-state index in [-0.39, 0.29) is 21.7 Å². The highest BCUT2D eigenvalue weighted by atomic mass is 15.0. The van der Waals surface area contributed by atoms with Crippen molar-refractivity contribution in [3.63, 3.8) is 0 Å². The Morgan fingerprint density at radius 2 is 0.710 bits per heavy atom. The smallest absolute Gasteiger partial charge is 0.0593 e. The van der Waals surface area contributed by atoms with Crippen LogP contribution >= 0.6 is 0 Å². The van der Waals surface area contributed by atoms with Crippen molar-refractivity contribution in [3.8, 4) is 33.6 Å². The lowest BCUT2D eigenvalue weighted by Crippen LogP contribution is -2.16. The number of aryl methyl sites for hydroxylation is 1. The molecule has 0 N–H and O–H groups in total. The minimum Gasteiger partial charge on any atom is -0.309 e. The maximum atomic E-state index is 2.59. The summed E-state index contributed by atoms with van der Waals surface area (Å²) in [6, 6.07) is 53.6. The van der Waals surface area contributed by atoms with Gasteiger partial charge in [-0.3, -0.25) is 0 Å². The Bertz CT molecular complexity index is 2980. The summed E-state index contributed by atoms with van der Waals surface area (Å²) >= 11 is 0. The lowest BCUT2D eigenvalue weighted by atomic mass is 9.78. The van der Waals surface area contributed by atoms with Crippen LogP contribution in [0.15, 0.2) is 140 Å². The highest BCUT2D eigenvalue weighted by Gasteiger charge is 2.26. The minimum absolute atomic E-state index is 0.00876. The van der Waals surface area contributed by atoms with Crippen LogP contribution < -0.4 is 0 Å². The third-order valence-corrected chi connectivity index (χ3v) is 13.3. The second kappa shape index (κ2) is 14.6. The first-order valence-corrected chi connectivity index (χ1v) is 22.7. The van der Waals surface area contributed by atoms with E-state index in [4.69, 9.17) is 0 Å². The van der Waals surface area contributed by atoms with E-state index in [1.54, 1.807) is 0 Å². The van der Waals surface area contributed by atoms with Crippen molar-refractivity contribution in [2.45, 2.75) is 118 Å². The number of fused-ring (bicyclic) bond motifs is 6. The van der Waals surface area contributed by atoms with Crippen LogP contribution in [-0.4, -0.2) is 9.13 Å². The summed E-state index contributed by atoms with van der Waals surface area (Å²) in [5, 5.41) is 5.11. The number of para-hydroxylation sites is 3. The van der Waals surface area contributed by atoms with Gasteiger partial charge in [0, 0.05) is 32.8 Å². The second-order valence-corrected chi connectivity index (χ2v) is 21.9. The molecule has 0 fully saturated rings. The molecule has 0 aliphatic heterocycles. The van der Waals surface area contributed by atoms with Crippen LogP contribution in [0.2, 0.25) is 0 Å². The van der Waals surface area contributed by atoms with E-state index >= 15 is 0 Å². The van der Waals surface area contributed by atoms with Gasteiger partial charge in [0.05, 0.1) is 27.8 Å². The monoisotopic (exact) mass is 813 g/mol. The fourth-order valence-electron chi connectivity index (χ4n) is 9.52. The molecule has 314 valence electrons. The average molecular weight is 813 g/mol. The third kappa shape index (κ3) is 7.16. The van der Waals surface area contributed by atoms with E-state index in [1.807, 2.05) is 0 Å². The highest BCUT2D eigenvalue weighted by Crippen LogP contribution is 2.43. The van der Waals surface area contributed by atoms with Gasteiger partial charge in [-0.2, -0.15) is 0 Å². The van der Waals surface area contributed by atoms with E-state index in [9.17, 15) is 0 Å². The van der Waals surface area contributed by atoms with Crippen molar-refractivity contribution in [2.75, 3.05) is 0 Å². The van der Waals surface area contributed by atoms with Gasteiger partial charge in [0.15, 0.2) is 0 Å². The highest BCUT2D eigenvalue weighted by molar-refractivity contribution is 6.13. The van der Waals surface area contributed by atoms with Gasteiger partial charge in [0.2, 0.25) is 0 Å². The molecular weight excluding hydrogens is 749 g/mol. The first-order valence-electron chi connectivity index (χ1n) is 22.7. The van der Waals surface area contributed by atoms with Crippen LogP contribution in [0.3, 0.4) is 0 Å². The van der Waals surface area contributed by atoms with Crippen LogP contribution in [0, 0.1) is 0 Å². The Morgan fingerprint density at radius 3 is 1.10 bits per heavy atom. The molecule has 0 atom stereocenters. The zero-order chi connectivity index (χ0) is 44.1. The van der Waals surface area contributed by atoms with Crippen LogP contribution in [0.4, 0.5) is 0 Å². The molecular formula is C60H64N2. The standard InChI is InChI=1S/C60H64N2/c1-14-47-55(62-53-25-19-15-21-48(53)49-22-16-20-26-54(49)62)28-27-51-50-23-17-18-24-52(50)61(56(47)51)46-34-38(40-30-42(57(2,3)4)36-43(31-40)58(5,6)7)29-39(35-46)41-32-44(59(8,9)10)37-45(33-41)60(11,12)13/h15-37H,14H2,1-13H3. The average Bonchev–Trinajstić information content (AvgIpc) is 3.74. The van der Waals surface area contributed by atoms with Gasteiger partial charge < -0.3 is 9.13 Å². The summed E-state index contributed by atoms with van der Waals surface area (Å²) in [4.78, 5) is 0. The largest absolute Gasteiger partial charge is 0.309 e. The molecule has 0 saturated carbocycles. The molecule has 2 heterocycles. The zero-order valence-electron chi connectivity index (χ0n) is 39.4. The quantitative estimate of drug-likeness (QED) is 0.164. The molecule has 0 bridgehead atoms. The Morgan fingerprint density at radius 1 is 0.355 bits per heavy atom. The number of benzene rings is 7. The minimum atomic E-state index is -0.00876. The summed E-state index contributed by atoms with van der Waals surface area (Å²) in [5.74, 6) is 0. The van der Waals surface area contributed by atoms with Gasteiger partial charge in [0.25, 0.3) is 0 Å². The van der Waals surface area contributed by atoms with Crippen LogP contribution in [0.5, 0.6) is 0 Å². The fraction of sp³-hybridized carbons (Fsp3) is 0.300. The number of aromatic nitrogens is 2. The van der Waals surface area contributed by atoms with E-state index < -0.39 is 0 Å². The predicted octanol–water partition coefficient (Wildman–Crippen LogP) is 17.0. The molecule has 0 aliphatic rings. The predicted molar refractivity (Wildman–Crippen MR) is 270 cm³/mol. The summed E-state index contributed by atoms with van der Waals surface area (Å²) in [7, 11) is 0. The molecule has 9 rings (SSSR count). The molecule has 2 aromatic heterocycles. The third-order valence-electron chi connectivity index (χ3n) is 13.3. The molecule has 0 saturated heterocycles. The topological polar surface area (TPSA) is 9.86 Å². The molecule has 62 heavy (non-hydrogen) atoms. The molecule has 9 aromatic rings. The van der Waals surface area contributed by atoms with Crippen molar-refractivity contribution >= 4 is 43.6 Å². The van der Waals surface area contributed by atoms with Crippen molar-refractivity contribution in [1.29, 1.82) is 0 Å². The van der Waals surface area contributed by atoms with Crippen LogP contribution in [0.1, 0.15) is 118 Å². The molecule has 0 spiro atoms. The van der Waals surface area contributed by atoms with Gasteiger partial charge in [-0.25, -0.2) is 0 Å². The number of hydrogen-bond donors (Lipinski definition) is 0.